The lowest BCUT2D eigenvalue weighted by Crippen LogP contribution is -2.28. The number of esters is 1. The molecule has 0 spiro atoms. The minimum absolute atomic E-state index is 0.228. The van der Waals surface area contributed by atoms with Gasteiger partial charge in [0.2, 0.25) is 5.91 Å². The molecule has 1 amide bonds. The van der Waals surface area contributed by atoms with Gasteiger partial charge in [-0.2, -0.15) is 0 Å². The summed E-state index contributed by atoms with van der Waals surface area (Å²) in [4.78, 5) is 43.1. The number of benzene rings is 1. The summed E-state index contributed by atoms with van der Waals surface area (Å²) in [5.41, 5.74) is 1.53. The van der Waals surface area contributed by atoms with E-state index in [1.165, 1.54) is 35.4 Å². The molecule has 1 aromatic carbocycles. The molecule has 1 aliphatic carbocycles. The number of rotatable bonds is 4. The maximum atomic E-state index is 12.7. The van der Waals surface area contributed by atoms with Crippen LogP contribution in [-0.4, -0.2) is 28.5 Å². The SMILES string of the molecule is COC(=O)c1c(NC(=O)Cn2cnc3ccc(Cl)cc3c2=O)sc2c1CCC(C)C2. The van der Waals surface area contributed by atoms with Gasteiger partial charge in [-0.1, -0.05) is 18.5 Å². The van der Waals surface area contributed by atoms with Crippen molar-refractivity contribution in [1.29, 1.82) is 0 Å². The van der Waals surface area contributed by atoms with E-state index in [0.29, 0.717) is 32.4 Å². The molecule has 2 aromatic heterocycles. The fourth-order valence-electron chi connectivity index (χ4n) is 3.72. The molecule has 3 aromatic rings. The van der Waals surface area contributed by atoms with Crippen molar-refractivity contribution in [2.24, 2.45) is 5.92 Å². The zero-order valence-corrected chi connectivity index (χ0v) is 18.1. The van der Waals surface area contributed by atoms with Crippen molar-refractivity contribution in [3.8, 4) is 0 Å². The summed E-state index contributed by atoms with van der Waals surface area (Å²) in [6, 6.07) is 4.84. The number of hydrogen-bond donors (Lipinski definition) is 1. The summed E-state index contributed by atoms with van der Waals surface area (Å²) in [7, 11) is 1.33. The topological polar surface area (TPSA) is 90.3 Å². The number of anilines is 1. The maximum absolute atomic E-state index is 12.7. The van der Waals surface area contributed by atoms with E-state index in [1.54, 1.807) is 12.1 Å². The predicted octanol–water partition coefficient (Wildman–Crippen LogP) is 3.66. The van der Waals surface area contributed by atoms with Crippen molar-refractivity contribution < 1.29 is 14.3 Å². The van der Waals surface area contributed by atoms with Crippen LogP contribution in [0.15, 0.2) is 29.3 Å². The molecule has 0 fully saturated rings. The zero-order chi connectivity index (χ0) is 21.4. The Morgan fingerprint density at radius 1 is 1.40 bits per heavy atom. The molecule has 1 aliphatic rings. The fraction of sp³-hybridized carbons (Fsp3) is 0.333. The van der Waals surface area contributed by atoms with E-state index >= 15 is 0 Å². The Morgan fingerprint density at radius 2 is 2.20 bits per heavy atom. The minimum Gasteiger partial charge on any atom is -0.465 e. The highest BCUT2D eigenvalue weighted by Gasteiger charge is 2.29. The molecule has 30 heavy (non-hydrogen) atoms. The van der Waals surface area contributed by atoms with Crippen molar-refractivity contribution in [2.75, 3.05) is 12.4 Å². The molecule has 0 saturated heterocycles. The van der Waals surface area contributed by atoms with E-state index in [-0.39, 0.29) is 12.1 Å². The van der Waals surface area contributed by atoms with Gasteiger partial charge in [0.25, 0.3) is 5.56 Å². The zero-order valence-electron chi connectivity index (χ0n) is 16.5. The van der Waals surface area contributed by atoms with Crippen molar-refractivity contribution in [3.05, 3.63) is 55.9 Å². The van der Waals surface area contributed by atoms with Gasteiger partial charge in [0.05, 0.1) is 29.9 Å². The number of carbonyl (C=O) groups excluding carboxylic acids is 2. The molecular formula is C21H20ClN3O4S. The van der Waals surface area contributed by atoms with Crippen LogP contribution in [0.5, 0.6) is 0 Å². The number of halogens is 1. The van der Waals surface area contributed by atoms with Gasteiger partial charge in [-0.05, 0) is 48.9 Å². The van der Waals surface area contributed by atoms with Crippen LogP contribution in [0.2, 0.25) is 5.02 Å². The Bertz CT molecular complexity index is 1220. The maximum Gasteiger partial charge on any atom is 0.341 e. The number of thiophene rings is 1. The normalized spacial score (nSPS) is 15.6. The lowest BCUT2D eigenvalue weighted by molar-refractivity contribution is -0.116. The molecule has 1 atom stereocenters. The molecule has 0 aliphatic heterocycles. The van der Waals surface area contributed by atoms with Crippen LogP contribution in [0, 0.1) is 5.92 Å². The van der Waals surface area contributed by atoms with Crippen molar-refractivity contribution >= 4 is 50.7 Å². The first-order valence-electron chi connectivity index (χ1n) is 9.54. The first kappa shape index (κ1) is 20.6. The molecule has 1 N–H and O–H groups in total. The smallest absolute Gasteiger partial charge is 0.341 e. The van der Waals surface area contributed by atoms with E-state index < -0.39 is 11.9 Å². The first-order valence-corrected chi connectivity index (χ1v) is 10.7. The van der Waals surface area contributed by atoms with E-state index in [1.807, 2.05) is 0 Å². The highest BCUT2D eigenvalue weighted by Crippen LogP contribution is 2.40. The molecular weight excluding hydrogens is 426 g/mol. The monoisotopic (exact) mass is 445 g/mol. The molecule has 0 saturated carbocycles. The first-order chi connectivity index (χ1) is 14.4. The molecule has 1 unspecified atom stereocenters. The molecule has 0 bridgehead atoms. The highest BCUT2D eigenvalue weighted by molar-refractivity contribution is 7.17. The second-order valence-corrected chi connectivity index (χ2v) is 8.98. The second-order valence-electron chi connectivity index (χ2n) is 7.43. The van der Waals surface area contributed by atoms with Crippen LogP contribution in [0.1, 0.15) is 34.1 Å². The summed E-state index contributed by atoms with van der Waals surface area (Å²) in [5, 5.41) is 4.03. The van der Waals surface area contributed by atoms with Gasteiger partial charge in [-0.3, -0.25) is 14.2 Å². The van der Waals surface area contributed by atoms with Crippen molar-refractivity contribution in [2.45, 2.75) is 32.7 Å². The van der Waals surface area contributed by atoms with Gasteiger partial charge in [0.15, 0.2) is 0 Å². The second kappa shape index (κ2) is 8.20. The van der Waals surface area contributed by atoms with Gasteiger partial charge in [-0.15, -0.1) is 11.3 Å². The van der Waals surface area contributed by atoms with Gasteiger partial charge >= 0.3 is 5.97 Å². The molecule has 7 nitrogen and oxygen atoms in total. The summed E-state index contributed by atoms with van der Waals surface area (Å²) in [6.45, 7) is 1.94. The van der Waals surface area contributed by atoms with E-state index in [4.69, 9.17) is 16.3 Å². The number of methoxy groups -OCH3 is 1. The van der Waals surface area contributed by atoms with E-state index in [0.717, 1.165) is 29.7 Å². The highest BCUT2D eigenvalue weighted by atomic mass is 35.5. The fourth-order valence-corrected chi connectivity index (χ4v) is 5.31. The third-order valence-corrected chi connectivity index (χ3v) is 6.66. The van der Waals surface area contributed by atoms with Gasteiger partial charge in [-0.25, -0.2) is 9.78 Å². The number of nitrogens with one attached hydrogen (secondary N) is 1. The van der Waals surface area contributed by atoms with Crippen LogP contribution in [0.25, 0.3) is 10.9 Å². The van der Waals surface area contributed by atoms with Gasteiger partial charge in [0, 0.05) is 9.90 Å². The lowest BCUT2D eigenvalue weighted by Gasteiger charge is -2.18. The van der Waals surface area contributed by atoms with Crippen LogP contribution in [-0.2, 0) is 28.9 Å². The van der Waals surface area contributed by atoms with Crippen molar-refractivity contribution in [1.82, 2.24) is 9.55 Å². The molecule has 0 radical (unpaired) electrons. The number of nitrogens with zero attached hydrogens (tertiary/aromatic N) is 2. The minimum atomic E-state index is -0.462. The Kier molecular flexibility index (Phi) is 5.62. The number of carbonyl (C=O) groups is 2. The third-order valence-electron chi connectivity index (χ3n) is 5.25. The lowest BCUT2D eigenvalue weighted by atomic mass is 9.88. The third kappa shape index (κ3) is 3.85. The van der Waals surface area contributed by atoms with Crippen LogP contribution < -0.4 is 10.9 Å². The molecule has 156 valence electrons. The number of hydrogen-bond acceptors (Lipinski definition) is 6. The average molecular weight is 446 g/mol. The van der Waals surface area contributed by atoms with Crippen LogP contribution in [0.3, 0.4) is 0 Å². The number of amides is 1. The standard InChI is InChI=1S/C21H20ClN3O4S/c1-11-3-5-13-16(7-11)30-19(18(13)21(28)29-2)24-17(26)9-25-10-23-15-6-4-12(22)8-14(15)20(25)27/h4,6,8,10-11H,3,5,7,9H2,1-2H3,(H,24,26). The molecule has 2 heterocycles. The average Bonchev–Trinajstić information content (AvgIpc) is 3.06. The Hall–Kier alpha value is -2.71. The van der Waals surface area contributed by atoms with Gasteiger partial charge < -0.3 is 10.1 Å². The molecule has 4 rings (SSSR count). The van der Waals surface area contributed by atoms with Crippen molar-refractivity contribution in [3.63, 3.8) is 0 Å². The Labute approximate surface area is 181 Å². The Balaban J connectivity index is 1.62. The summed E-state index contributed by atoms with van der Waals surface area (Å²) in [6.07, 6.45) is 3.97. The number of ether oxygens (including phenoxy) is 1. The Morgan fingerprint density at radius 3 is 2.97 bits per heavy atom. The number of aromatic nitrogens is 2. The van der Waals surface area contributed by atoms with Crippen LogP contribution in [0.4, 0.5) is 5.00 Å². The predicted molar refractivity (Wildman–Crippen MR) is 116 cm³/mol. The van der Waals surface area contributed by atoms with E-state index in [9.17, 15) is 14.4 Å². The summed E-state index contributed by atoms with van der Waals surface area (Å²) < 4.78 is 6.17. The molecule has 9 heteroatoms. The summed E-state index contributed by atoms with van der Waals surface area (Å²) >= 11 is 7.38. The summed E-state index contributed by atoms with van der Waals surface area (Å²) in [5.74, 6) is -0.354. The largest absolute Gasteiger partial charge is 0.465 e. The quantitative estimate of drug-likeness (QED) is 0.619. The van der Waals surface area contributed by atoms with Gasteiger partial charge in [0.1, 0.15) is 11.5 Å². The number of fused-ring (bicyclic) bond motifs is 2. The van der Waals surface area contributed by atoms with Crippen LogP contribution >= 0.6 is 22.9 Å². The van der Waals surface area contributed by atoms with E-state index in [2.05, 4.69) is 17.2 Å².